The summed E-state index contributed by atoms with van der Waals surface area (Å²) in [5.41, 5.74) is -1.05. The molecule has 1 aromatic carbocycles. The number of imide groups is 1. The van der Waals surface area contributed by atoms with Crippen LogP contribution in [0.4, 0.5) is 18.9 Å². The van der Waals surface area contributed by atoms with E-state index in [4.69, 9.17) is 0 Å². The smallest absolute Gasteiger partial charge is 0.373 e. The van der Waals surface area contributed by atoms with Crippen molar-refractivity contribution in [1.29, 1.82) is 0 Å². The van der Waals surface area contributed by atoms with E-state index in [2.05, 4.69) is 5.32 Å². The molecule has 1 aliphatic rings. The average molecular weight is 272 g/mol. The van der Waals surface area contributed by atoms with Gasteiger partial charge in [0.1, 0.15) is 6.04 Å². The van der Waals surface area contributed by atoms with Crippen LogP contribution in [0.15, 0.2) is 24.3 Å². The van der Waals surface area contributed by atoms with Crippen molar-refractivity contribution in [3.8, 4) is 0 Å². The number of hydrogen-bond acceptors (Lipinski definition) is 3. The summed E-state index contributed by atoms with van der Waals surface area (Å²) in [5.74, 6) is -0.936. The van der Waals surface area contributed by atoms with Gasteiger partial charge in [0, 0.05) is 12.7 Å². The van der Waals surface area contributed by atoms with Crippen molar-refractivity contribution in [3.63, 3.8) is 0 Å². The van der Waals surface area contributed by atoms with Crippen LogP contribution < -0.4 is 5.32 Å². The summed E-state index contributed by atoms with van der Waals surface area (Å²) in [6.45, 7) is 0. The molecule has 0 spiro atoms. The SMILES string of the molecule is CN1C(=O)CC(Nc2ccccc2C(F)(F)F)C1=O. The Kier molecular flexibility index (Phi) is 3.21. The molecular weight excluding hydrogens is 261 g/mol. The zero-order valence-electron chi connectivity index (χ0n) is 9.99. The molecule has 0 aromatic heterocycles. The monoisotopic (exact) mass is 272 g/mol. The predicted molar refractivity (Wildman–Crippen MR) is 61.2 cm³/mol. The maximum atomic E-state index is 12.8. The van der Waals surface area contributed by atoms with Crippen LogP contribution in [0.2, 0.25) is 0 Å². The van der Waals surface area contributed by atoms with Gasteiger partial charge in [0.05, 0.1) is 12.0 Å². The van der Waals surface area contributed by atoms with E-state index in [1.807, 2.05) is 0 Å². The first-order chi connectivity index (χ1) is 8.80. The van der Waals surface area contributed by atoms with E-state index >= 15 is 0 Å². The zero-order valence-corrected chi connectivity index (χ0v) is 9.99. The highest BCUT2D eigenvalue weighted by Gasteiger charge is 2.38. The Balaban J connectivity index is 2.26. The number of rotatable bonds is 2. The number of likely N-dealkylation sites (N-methyl/N-ethyl adjacent to an activating group) is 1. The molecule has 1 saturated heterocycles. The van der Waals surface area contributed by atoms with Crippen LogP contribution in [0.3, 0.4) is 0 Å². The fourth-order valence-corrected chi connectivity index (χ4v) is 1.91. The fraction of sp³-hybridized carbons (Fsp3) is 0.333. The second-order valence-electron chi connectivity index (χ2n) is 4.24. The Hall–Kier alpha value is -2.05. The third-order valence-electron chi connectivity index (χ3n) is 2.94. The van der Waals surface area contributed by atoms with E-state index in [0.717, 1.165) is 11.0 Å². The summed E-state index contributed by atoms with van der Waals surface area (Å²) in [7, 11) is 1.31. The Bertz CT molecular complexity index is 528. The summed E-state index contributed by atoms with van der Waals surface area (Å²) >= 11 is 0. The standard InChI is InChI=1S/C12H11F3N2O2/c1-17-10(18)6-9(11(17)19)16-8-5-3-2-4-7(8)12(13,14)15/h2-5,9,16H,6H2,1H3. The lowest BCUT2D eigenvalue weighted by Gasteiger charge is -2.17. The van der Waals surface area contributed by atoms with Gasteiger partial charge >= 0.3 is 6.18 Å². The first-order valence-corrected chi connectivity index (χ1v) is 5.54. The molecule has 0 bridgehead atoms. The van der Waals surface area contributed by atoms with Crippen molar-refractivity contribution in [3.05, 3.63) is 29.8 Å². The van der Waals surface area contributed by atoms with Gasteiger partial charge in [0.2, 0.25) is 5.91 Å². The second kappa shape index (κ2) is 4.56. The lowest BCUT2D eigenvalue weighted by atomic mass is 10.1. The summed E-state index contributed by atoms with van der Waals surface area (Å²) in [4.78, 5) is 23.9. The van der Waals surface area contributed by atoms with Crippen LogP contribution in [0.5, 0.6) is 0 Å². The minimum Gasteiger partial charge on any atom is -0.373 e. The Morgan fingerprint density at radius 2 is 1.89 bits per heavy atom. The van der Waals surface area contributed by atoms with Crippen LogP contribution in [0.25, 0.3) is 0 Å². The van der Waals surface area contributed by atoms with E-state index in [0.29, 0.717) is 0 Å². The molecule has 1 aliphatic heterocycles. The van der Waals surface area contributed by atoms with Crippen molar-refractivity contribution >= 4 is 17.5 Å². The second-order valence-corrected chi connectivity index (χ2v) is 4.24. The molecule has 0 saturated carbocycles. The number of hydrogen-bond donors (Lipinski definition) is 1. The summed E-state index contributed by atoms with van der Waals surface area (Å²) < 4.78 is 38.3. The highest BCUT2D eigenvalue weighted by Crippen LogP contribution is 2.35. The summed E-state index contributed by atoms with van der Waals surface area (Å²) in [6.07, 6.45) is -4.65. The largest absolute Gasteiger partial charge is 0.418 e. The lowest BCUT2D eigenvalue weighted by Crippen LogP contribution is -2.32. The Morgan fingerprint density at radius 3 is 2.42 bits per heavy atom. The van der Waals surface area contributed by atoms with Crippen LogP contribution in [-0.4, -0.2) is 29.8 Å². The maximum absolute atomic E-state index is 12.8. The van der Waals surface area contributed by atoms with E-state index in [1.54, 1.807) is 0 Å². The van der Waals surface area contributed by atoms with Crippen molar-refractivity contribution in [2.75, 3.05) is 12.4 Å². The van der Waals surface area contributed by atoms with Crippen LogP contribution >= 0.6 is 0 Å². The summed E-state index contributed by atoms with van der Waals surface area (Å²) in [6, 6.07) is 3.91. The number of para-hydroxylation sites is 1. The van der Waals surface area contributed by atoms with Gasteiger partial charge < -0.3 is 5.32 Å². The number of amides is 2. The van der Waals surface area contributed by atoms with Crippen LogP contribution in [-0.2, 0) is 15.8 Å². The van der Waals surface area contributed by atoms with Gasteiger partial charge in [0.15, 0.2) is 0 Å². The van der Waals surface area contributed by atoms with Crippen LogP contribution in [0, 0.1) is 0 Å². The molecule has 2 amide bonds. The molecule has 4 nitrogen and oxygen atoms in total. The van der Waals surface area contributed by atoms with E-state index in [-0.39, 0.29) is 12.1 Å². The predicted octanol–water partition coefficient (Wildman–Crippen LogP) is 1.87. The highest BCUT2D eigenvalue weighted by molar-refractivity contribution is 6.06. The number of nitrogens with zero attached hydrogens (tertiary/aromatic N) is 1. The third-order valence-corrected chi connectivity index (χ3v) is 2.94. The molecule has 0 radical (unpaired) electrons. The molecule has 1 N–H and O–H groups in total. The third kappa shape index (κ3) is 2.54. The topological polar surface area (TPSA) is 49.4 Å². The first-order valence-electron chi connectivity index (χ1n) is 5.54. The molecule has 2 rings (SSSR count). The van der Waals surface area contributed by atoms with Crippen molar-refractivity contribution in [1.82, 2.24) is 4.90 Å². The Morgan fingerprint density at radius 1 is 1.26 bits per heavy atom. The number of benzene rings is 1. The zero-order chi connectivity index (χ0) is 14.2. The molecule has 7 heteroatoms. The molecule has 19 heavy (non-hydrogen) atoms. The molecular formula is C12H11F3N2O2. The van der Waals surface area contributed by atoms with Gasteiger partial charge in [-0.1, -0.05) is 12.1 Å². The molecule has 1 fully saturated rings. The number of likely N-dealkylation sites (tertiary alicyclic amines) is 1. The molecule has 0 aliphatic carbocycles. The molecule has 1 heterocycles. The summed E-state index contributed by atoms with van der Waals surface area (Å²) in [5, 5.41) is 2.49. The number of carbonyl (C=O) groups is 2. The van der Waals surface area contributed by atoms with Gasteiger partial charge in [-0.15, -0.1) is 0 Å². The number of anilines is 1. The molecule has 1 aromatic rings. The fourth-order valence-electron chi connectivity index (χ4n) is 1.91. The highest BCUT2D eigenvalue weighted by atomic mass is 19.4. The van der Waals surface area contributed by atoms with Gasteiger partial charge in [-0.25, -0.2) is 0 Å². The normalized spacial score (nSPS) is 20.0. The van der Waals surface area contributed by atoms with Crippen molar-refractivity contribution in [2.45, 2.75) is 18.6 Å². The van der Waals surface area contributed by atoms with Gasteiger partial charge in [0.25, 0.3) is 5.91 Å². The lowest BCUT2D eigenvalue weighted by molar-refractivity contribution is -0.138. The number of nitrogens with one attached hydrogen (secondary N) is 1. The minimum atomic E-state index is -4.51. The van der Waals surface area contributed by atoms with Gasteiger partial charge in [-0.2, -0.15) is 13.2 Å². The average Bonchev–Trinajstić information content (AvgIpc) is 2.56. The van der Waals surface area contributed by atoms with Crippen molar-refractivity contribution < 1.29 is 22.8 Å². The number of alkyl halides is 3. The molecule has 1 unspecified atom stereocenters. The van der Waals surface area contributed by atoms with Gasteiger partial charge in [-0.3, -0.25) is 14.5 Å². The first kappa shape index (κ1) is 13.4. The van der Waals surface area contributed by atoms with Crippen molar-refractivity contribution in [2.24, 2.45) is 0 Å². The molecule has 1 atom stereocenters. The molecule has 102 valence electrons. The minimum absolute atomic E-state index is 0.137. The van der Waals surface area contributed by atoms with Gasteiger partial charge in [-0.05, 0) is 12.1 Å². The number of halogens is 3. The quantitative estimate of drug-likeness (QED) is 0.836. The van der Waals surface area contributed by atoms with E-state index in [1.165, 1.54) is 25.2 Å². The Labute approximate surface area is 107 Å². The van der Waals surface area contributed by atoms with Crippen LogP contribution in [0.1, 0.15) is 12.0 Å². The number of carbonyl (C=O) groups excluding carboxylic acids is 2. The van der Waals surface area contributed by atoms with E-state index in [9.17, 15) is 22.8 Å². The van der Waals surface area contributed by atoms with E-state index < -0.39 is 29.6 Å². The maximum Gasteiger partial charge on any atom is 0.418 e.